The number of ether oxygens (including phenoxy) is 1. The van der Waals surface area contributed by atoms with Crippen LogP contribution in [0.3, 0.4) is 0 Å². The SMILES string of the molecule is CCN1C(=O)N2Cc3cc(C)cc(C)c3[C@H](C)C=C2C12CCN(C(=O)OC(C)(C)C)CC2.CCN1C(=O)N2Cc3cc(C)cc(C)c3[C@H](C)C=C2C12CCNCC2. The highest BCUT2D eigenvalue weighted by molar-refractivity contribution is 5.84. The largest absolute Gasteiger partial charge is 0.444 e. The number of nitrogens with zero attached hydrogens (tertiary/aromatic N) is 5. The number of allylic oxidation sites excluding steroid dienone is 2. The van der Waals surface area contributed by atoms with E-state index >= 15 is 0 Å². The Morgan fingerprint density at radius 3 is 1.54 bits per heavy atom. The fraction of sp³-hybridized carbons (Fsp3) is 0.596. The van der Waals surface area contributed by atoms with Gasteiger partial charge in [-0.1, -0.05) is 61.4 Å². The molecule has 0 radical (unpaired) electrons. The average Bonchev–Trinajstić information content (AvgIpc) is 3.29. The Kier molecular flexibility index (Phi) is 10.8. The van der Waals surface area contributed by atoms with Crippen LogP contribution in [0.1, 0.15) is 130 Å². The highest BCUT2D eigenvalue weighted by Gasteiger charge is 2.56. The molecule has 6 heterocycles. The van der Waals surface area contributed by atoms with Crippen LogP contribution in [0.5, 0.6) is 0 Å². The van der Waals surface area contributed by atoms with Crippen LogP contribution in [-0.4, -0.2) is 98.6 Å². The van der Waals surface area contributed by atoms with Gasteiger partial charge in [-0.15, -0.1) is 0 Å². The first-order valence-electron chi connectivity index (χ1n) is 21.5. The lowest BCUT2D eigenvalue weighted by Crippen LogP contribution is -2.55. The third kappa shape index (κ3) is 7.04. The van der Waals surface area contributed by atoms with Gasteiger partial charge < -0.3 is 24.8 Å². The molecule has 10 heteroatoms. The van der Waals surface area contributed by atoms with Crippen LogP contribution in [0.4, 0.5) is 14.4 Å². The summed E-state index contributed by atoms with van der Waals surface area (Å²) in [6, 6.07) is 9.28. The van der Waals surface area contributed by atoms with Gasteiger partial charge in [0.25, 0.3) is 0 Å². The third-order valence-corrected chi connectivity index (χ3v) is 13.4. The van der Waals surface area contributed by atoms with E-state index in [4.69, 9.17) is 4.74 Å². The monoisotopic (exact) mass is 779 g/mol. The molecule has 6 aliphatic heterocycles. The molecular formula is C47H66N6O4. The summed E-state index contributed by atoms with van der Waals surface area (Å²) < 4.78 is 5.59. The van der Waals surface area contributed by atoms with Crippen molar-refractivity contribution in [3.8, 4) is 0 Å². The first-order chi connectivity index (χ1) is 26.9. The van der Waals surface area contributed by atoms with Crippen molar-refractivity contribution >= 4 is 18.2 Å². The number of urea groups is 2. The molecule has 2 spiro atoms. The van der Waals surface area contributed by atoms with Crippen LogP contribution in [0.15, 0.2) is 47.8 Å². The lowest BCUT2D eigenvalue weighted by Gasteiger charge is -2.44. The van der Waals surface area contributed by atoms with Crippen molar-refractivity contribution in [3.05, 3.63) is 92.3 Å². The minimum Gasteiger partial charge on any atom is -0.444 e. The summed E-state index contributed by atoms with van der Waals surface area (Å²) in [5, 5.41) is 3.47. The summed E-state index contributed by atoms with van der Waals surface area (Å²) >= 11 is 0. The Morgan fingerprint density at radius 2 is 1.14 bits per heavy atom. The van der Waals surface area contributed by atoms with Crippen molar-refractivity contribution in [1.82, 2.24) is 29.8 Å². The number of carbonyl (C=O) groups is 3. The standard InChI is InChI=1S/C26H37N3O3.C21H29N3O/c1-8-29-23(30)28-16-20-14-17(2)13-18(3)22(20)19(4)15-21(28)26(29)9-11-27(12-10-26)24(31)32-25(5,6)7;1-5-24-20(25)23-13-17-11-14(2)10-15(3)19(17)16(4)12-18(23)21(24)6-8-22-9-7-21/h13-15,19H,8-12,16H2,1-7H3;10-12,16,22H,5-9,13H2,1-4H3/t19-;16-/m11/s1. The number of aryl methyl sites for hydroxylation is 4. The zero-order valence-corrected chi connectivity index (χ0v) is 36.5. The number of rotatable bonds is 2. The van der Waals surface area contributed by atoms with Crippen molar-refractivity contribution in [2.45, 2.75) is 143 Å². The Morgan fingerprint density at radius 1 is 0.719 bits per heavy atom. The Labute approximate surface area is 341 Å². The Balaban J connectivity index is 0.000000179. The zero-order valence-electron chi connectivity index (χ0n) is 36.5. The first kappa shape index (κ1) is 40.9. The Bertz CT molecular complexity index is 2000. The van der Waals surface area contributed by atoms with Gasteiger partial charge in [0.05, 0.1) is 24.2 Å². The van der Waals surface area contributed by atoms with Crippen molar-refractivity contribution in [1.29, 1.82) is 0 Å². The predicted molar refractivity (Wildman–Crippen MR) is 226 cm³/mol. The van der Waals surface area contributed by atoms with E-state index in [0.717, 1.165) is 51.0 Å². The summed E-state index contributed by atoms with van der Waals surface area (Å²) in [6.45, 7) is 28.9. The Hall–Kier alpha value is -4.31. The number of piperidine rings is 2. The first-order valence-corrected chi connectivity index (χ1v) is 21.5. The molecule has 8 rings (SSSR count). The topological polar surface area (TPSA) is 88.7 Å². The number of nitrogens with one attached hydrogen (secondary N) is 1. The second-order valence-corrected chi connectivity index (χ2v) is 18.5. The third-order valence-electron chi connectivity index (χ3n) is 13.4. The zero-order chi connectivity index (χ0) is 41.2. The predicted octanol–water partition coefficient (Wildman–Crippen LogP) is 9.02. The number of fused-ring (bicyclic) bond motifs is 6. The number of hydrogen-bond acceptors (Lipinski definition) is 5. The molecule has 0 unspecified atom stereocenters. The minimum absolute atomic E-state index is 0.0867. The number of hydrogen-bond donors (Lipinski definition) is 1. The molecule has 2 aromatic rings. The second-order valence-electron chi connectivity index (χ2n) is 18.5. The second kappa shape index (κ2) is 15.1. The van der Waals surface area contributed by atoms with E-state index in [-0.39, 0.29) is 35.2 Å². The molecule has 0 aromatic heterocycles. The molecule has 2 atom stereocenters. The lowest BCUT2D eigenvalue weighted by molar-refractivity contribution is 0.0113. The maximum atomic E-state index is 13.6. The molecule has 57 heavy (non-hydrogen) atoms. The summed E-state index contributed by atoms with van der Waals surface area (Å²) in [6.07, 6.45) is 7.91. The van der Waals surface area contributed by atoms with Crippen LogP contribution >= 0.6 is 0 Å². The molecule has 6 aliphatic rings. The van der Waals surface area contributed by atoms with Gasteiger partial charge in [-0.05, 0) is 134 Å². The van der Waals surface area contributed by atoms with E-state index in [1.165, 1.54) is 50.2 Å². The number of amides is 5. The molecule has 2 aromatic carbocycles. The van der Waals surface area contributed by atoms with Crippen molar-refractivity contribution in [2.24, 2.45) is 0 Å². The summed E-state index contributed by atoms with van der Waals surface area (Å²) in [5.74, 6) is 0.572. The van der Waals surface area contributed by atoms with E-state index < -0.39 is 5.60 Å². The minimum atomic E-state index is -0.511. The summed E-state index contributed by atoms with van der Waals surface area (Å²) in [5.41, 5.74) is 11.8. The lowest BCUT2D eigenvalue weighted by atomic mass is 9.82. The normalized spacial score (nSPS) is 23.5. The molecule has 308 valence electrons. The fourth-order valence-corrected chi connectivity index (χ4v) is 11.3. The quantitative estimate of drug-likeness (QED) is 0.329. The number of likely N-dealkylation sites (N-methyl/N-ethyl adjacent to an activating group) is 2. The maximum absolute atomic E-state index is 13.6. The van der Waals surface area contributed by atoms with E-state index in [1.54, 1.807) is 4.90 Å². The number of carbonyl (C=O) groups excluding carboxylic acids is 3. The van der Waals surface area contributed by atoms with Crippen LogP contribution in [0.2, 0.25) is 0 Å². The summed E-state index contributed by atoms with van der Waals surface area (Å²) in [7, 11) is 0. The van der Waals surface area contributed by atoms with Crippen molar-refractivity contribution in [2.75, 3.05) is 39.3 Å². The van der Waals surface area contributed by atoms with Crippen molar-refractivity contribution in [3.63, 3.8) is 0 Å². The molecule has 10 nitrogen and oxygen atoms in total. The maximum Gasteiger partial charge on any atom is 0.410 e. The van der Waals surface area contributed by atoms with Crippen LogP contribution < -0.4 is 5.32 Å². The fourth-order valence-electron chi connectivity index (χ4n) is 11.3. The molecule has 0 bridgehead atoms. The van der Waals surface area contributed by atoms with Gasteiger partial charge in [0.15, 0.2) is 0 Å². The summed E-state index contributed by atoms with van der Waals surface area (Å²) in [4.78, 5) is 49.5. The highest BCUT2D eigenvalue weighted by atomic mass is 16.6. The van der Waals surface area contributed by atoms with Crippen LogP contribution in [0, 0.1) is 27.7 Å². The van der Waals surface area contributed by atoms with Gasteiger partial charge in [-0.3, -0.25) is 9.80 Å². The molecule has 4 fully saturated rings. The van der Waals surface area contributed by atoms with Gasteiger partial charge in [0.1, 0.15) is 5.60 Å². The van der Waals surface area contributed by atoms with Crippen LogP contribution in [-0.2, 0) is 17.8 Å². The molecule has 1 N–H and O–H groups in total. The average molecular weight is 779 g/mol. The molecule has 4 saturated heterocycles. The number of likely N-dealkylation sites (tertiary alicyclic amines) is 1. The van der Waals surface area contributed by atoms with E-state index in [2.05, 4.69) is 107 Å². The van der Waals surface area contributed by atoms with Crippen LogP contribution in [0.25, 0.3) is 0 Å². The molecular weight excluding hydrogens is 713 g/mol. The number of benzene rings is 2. The van der Waals surface area contributed by atoms with Gasteiger partial charge in [0, 0.05) is 49.4 Å². The van der Waals surface area contributed by atoms with E-state index in [0.29, 0.717) is 38.6 Å². The molecule has 5 amide bonds. The van der Waals surface area contributed by atoms with Crippen molar-refractivity contribution < 1.29 is 19.1 Å². The molecule has 0 saturated carbocycles. The van der Waals surface area contributed by atoms with Gasteiger partial charge >= 0.3 is 18.2 Å². The van der Waals surface area contributed by atoms with E-state index in [9.17, 15) is 14.4 Å². The highest BCUT2D eigenvalue weighted by Crippen LogP contribution is 2.49. The van der Waals surface area contributed by atoms with Gasteiger partial charge in [0.2, 0.25) is 0 Å². The molecule has 0 aliphatic carbocycles. The smallest absolute Gasteiger partial charge is 0.410 e. The van der Waals surface area contributed by atoms with E-state index in [1.807, 2.05) is 30.6 Å². The van der Waals surface area contributed by atoms with Gasteiger partial charge in [-0.25, -0.2) is 14.4 Å². The van der Waals surface area contributed by atoms with Gasteiger partial charge in [-0.2, -0.15) is 0 Å².